The molecular weight excluding hydrogens is 350 g/mol. The lowest BCUT2D eigenvalue weighted by Gasteiger charge is -2.29. The van der Waals surface area contributed by atoms with E-state index in [9.17, 15) is 9.59 Å². The topological polar surface area (TPSA) is 64.6 Å². The number of carbonyl (C=O) groups excluding carboxylic acids is 2. The summed E-state index contributed by atoms with van der Waals surface area (Å²) in [5.41, 5.74) is 0.395. The molecule has 0 radical (unpaired) electrons. The normalized spacial score (nSPS) is 17.3. The van der Waals surface area contributed by atoms with Gasteiger partial charge in [0.05, 0.1) is 5.69 Å². The van der Waals surface area contributed by atoms with E-state index in [0.717, 1.165) is 4.47 Å². The van der Waals surface area contributed by atoms with Gasteiger partial charge in [-0.15, -0.1) is 0 Å². The number of rotatable bonds is 2. The summed E-state index contributed by atoms with van der Waals surface area (Å²) in [5.74, 6) is -2.73. The zero-order valence-electron chi connectivity index (χ0n) is 10.7. The molecule has 5 nitrogen and oxygen atoms in total. The molecule has 1 heterocycles. The van der Waals surface area contributed by atoms with Gasteiger partial charge in [0.15, 0.2) is 5.57 Å². The van der Waals surface area contributed by atoms with Crippen LogP contribution in [0.3, 0.4) is 0 Å². The Balaban J connectivity index is 2.21. The van der Waals surface area contributed by atoms with Crippen molar-refractivity contribution in [3.63, 3.8) is 0 Å². The molecule has 0 amide bonds. The fourth-order valence-corrected chi connectivity index (χ4v) is 2.07. The van der Waals surface area contributed by atoms with Crippen molar-refractivity contribution >= 4 is 45.2 Å². The lowest BCUT2D eigenvalue weighted by atomic mass is 10.2. The molecule has 2 rings (SSSR count). The van der Waals surface area contributed by atoms with Gasteiger partial charge in [-0.3, -0.25) is 0 Å². The number of hydrogen-bond donors (Lipinski definition) is 1. The predicted octanol–water partition coefficient (Wildman–Crippen LogP) is 3.23. The van der Waals surface area contributed by atoms with Crippen molar-refractivity contribution in [1.29, 1.82) is 0 Å². The van der Waals surface area contributed by atoms with E-state index in [1.54, 1.807) is 18.2 Å². The van der Waals surface area contributed by atoms with E-state index in [-0.39, 0.29) is 5.57 Å². The summed E-state index contributed by atoms with van der Waals surface area (Å²) < 4.78 is 10.7. The fourth-order valence-electron chi connectivity index (χ4n) is 1.54. The molecule has 1 N–H and O–H groups in total. The summed E-state index contributed by atoms with van der Waals surface area (Å²) in [5, 5.41) is 3.33. The van der Waals surface area contributed by atoms with Crippen LogP contribution in [-0.4, -0.2) is 17.7 Å². The second-order valence-electron chi connectivity index (χ2n) is 4.51. The summed E-state index contributed by atoms with van der Waals surface area (Å²) in [7, 11) is 0. The SMILES string of the molecule is CC1(C)OC(=O)C(=CNc2cc(Cl)ccc2Br)C(=O)O1. The van der Waals surface area contributed by atoms with Crippen molar-refractivity contribution in [2.24, 2.45) is 0 Å². The number of carbonyl (C=O) groups is 2. The molecule has 7 heteroatoms. The molecule has 1 aliphatic rings. The Labute approximate surface area is 129 Å². The van der Waals surface area contributed by atoms with Crippen molar-refractivity contribution in [3.05, 3.63) is 39.5 Å². The van der Waals surface area contributed by atoms with Gasteiger partial charge in [-0.25, -0.2) is 9.59 Å². The van der Waals surface area contributed by atoms with Crippen LogP contribution < -0.4 is 5.32 Å². The molecule has 106 valence electrons. The zero-order chi connectivity index (χ0) is 14.9. The maximum absolute atomic E-state index is 11.7. The van der Waals surface area contributed by atoms with Crippen LogP contribution >= 0.6 is 27.5 Å². The molecule has 1 aromatic rings. The average molecular weight is 361 g/mol. The molecule has 1 aromatic carbocycles. The van der Waals surface area contributed by atoms with Crippen LogP contribution in [0.25, 0.3) is 0 Å². The summed E-state index contributed by atoms with van der Waals surface area (Å²) in [6, 6.07) is 5.09. The summed E-state index contributed by atoms with van der Waals surface area (Å²) in [6.45, 7) is 2.97. The Kier molecular flexibility index (Phi) is 4.06. The molecular formula is C13H11BrClNO4. The lowest BCUT2D eigenvalue weighted by Crippen LogP contribution is -2.42. The Hall–Kier alpha value is -1.53. The predicted molar refractivity (Wildman–Crippen MR) is 77.1 cm³/mol. The molecule has 1 fully saturated rings. The third-order valence-corrected chi connectivity index (χ3v) is 3.34. The van der Waals surface area contributed by atoms with Crippen molar-refractivity contribution in [1.82, 2.24) is 0 Å². The standard InChI is InChI=1S/C13H11BrClNO4/c1-13(2)19-11(17)8(12(18)20-13)6-16-10-5-7(15)3-4-9(10)14/h3-6,16H,1-2H3. The van der Waals surface area contributed by atoms with Gasteiger partial charge >= 0.3 is 11.9 Å². The van der Waals surface area contributed by atoms with Crippen LogP contribution in [0.15, 0.2) is 34.4 Å². The Morgan fingerprint density at radius 1 is 1.25 bits per heavy atom. The van der Waals surface area contributed by atoms with Crippen molar-refractivity contribution < 1.29 is 19.1 Å². The van der Waals surface area contributed by atoms with E-state index in [2.05, 4.69) is 21.2 Å². The monoisotopic (exact) mass is 359 g/mol. The minimum Gasteiger partial charge on any atom is -0.419 e. The Bertz CT molecular complexity index is 590. The molecule has 0 aromatic heterocycles. The van der Waals surface area contributed by atoms with Crippen LogP contribution in [0.2, 0.25) is 5.02 Å². The van der Waals surface area contributed by atoms with Crippen LogP contribution in [0, 0.1) is 0 Å². The highest BCUT2D eigenvalue weighted by molar-refractivity contribution is 9.10. The molecule has 1 aliphatic heterocycles. The van der Waals surface area contributed by atoms with E-state index >= 15 is 0 Å². The van der Waals surface area contributed by atoms with Gasteiger partial charge in [0, 0.05) is 29.5 Å². The maximum Gasteiger partial charge on any atom is 0.350 e. The summed E-state index contributed by atoms with van der Waals surface area (Å²) >= 11 is 9.19. The maximum atomic E-state index is 11.7. The molecule has 0 bridgehead atoms. The van der Waals surface area contributed by atoms with Gasteiger partial charge in [0.25, 0.3) is 5.79 Å². The molecule has 0 spiro atoms. The second kappa shape index (κ2) is 5.46. The van der Waals surface area contributed by atoms with Gasteiger partial charge < -0.3 is 14.8 Å². The second-order valence-corrected chi connectivity index (χ2v) is 5.80. The van der Waals surface area contributed by atoms with Gasteiger partial charge in [-0.05, 0) is 34.1 Å². The highest BCUT2D eigenvalue weighted by Gasteiger charge is 2.38. The Morgan fingerprint density at radius 2 is 1.85 bits per heavy atom. The highest BCUT2D eigenvalue weighted by Crippen LogP contribution is 2.27. The third-order valence-electron chi connectivity index (χ3n) is 2.42. The van der Waals surface area contributed by atoms with E-state index < -0.39 is 17.7 Å². The first-order valence-corrected chi connectivity index (χ1v) is 6.84. The first kappa shape index (κ1) is 14.9. The van der Waals surface area contributed by atoms with Gasteiger partial charge in [-0.1, -0.05) is 11.6 Å². The fraction of sp³-hybridized carbons (Fsp3) is 0.231. The average Bonchev–Trinajstić information content (AvgIpc) is 2.30. The number of benzene rings is 1. The minimum atomic E-state index is -1.25. The number of esters is 2. The number of hydrogen-bond acceptors (Lipinski definition) is 5. The zero-order valence-corrected chi connectivity index (χ0v) is 13.0. The first-order chi connectivity index (χ1) is 9.28. The Morgan fingerprint density at radius 3 is 2.45 bits per heavy atom. The molecule has 0 atom stereocenters. The van der Waals surface area contributed by atoms with Gasteiger partial charge in [0.1, 0.15) is 0 Å². The van der Waals surface area contributed by atoms with Crippen LogP contribution in [0.5, 0.6) is 0 Å². The number of ether oxygens (including phenoxy) is 2. The number of nitrogens with one attached hydrogen (secondary N) is 1. The van der Waals surface area contributed by atoms with Crippen LogP contribution in [0.1, 0.15) is 13.8 Å². The van der Waals surface area contributed by atoms with Crippen LogP contribution in [-0.2, 0) is 19.1 Å². The van der Waals surface area contributed by atoms with E-state index in [0.29, 0.717) is 10.7 Å². The minimum absolute atomic E-state index is 0.212. The number of cyclic esters (lactones) is 2. The molecule has 0 unspecified atom stereocenters. The summed E-state index contributed by atoms with van der Waals surface area (Å²) in [6.07, 6.45) is 1.23. The highest BCUT2D eigenvalue weighted by atomic mass is 79.9. The van der Waals surface area contributed by atoms with Crippen molar-refractivity contribution in [2.75, 3.05) is 5.32 Å². The quantitative estimate of drug-likeness (QED) is 0.498. The third kappa shape index (κ3) is 3.32. The summed E-state index contributed by atoms with van der Waals surface area (Å²) in [4.78, 5) is 23.4. The largest absolute Gasteiger partial charge is 0.419 e. The number of halogens is 2. The van der Waals surface area contributed by atoms with E-state index in [4.69, 9.17) is 21.1 Å². The van der Waals surface area contributed by atoms with Crippen LogP contribution in [0.4, 0.5) is 5.69 Å². The van der Waals surface area contributed by atoms with Crippen molar-refractivity contribution in [3.8, 4) is 0 Å². The van der Waals surface area contributed by atoms with E-state index in [1.165, 1.54) is 20.0 Å². The first-order valence-electron chi connectivity index (χ1n) is 5.67. The van der Waals surface area contributed by atoms with Crippen molar-refractivity contribution in [2.45, 2.75) is 19.6 Å². The number of anilines is 1. The van der Waals surface area contributed by atoms with E-state index in [1.807, 2.05) is 0 Å². The molecule has 1 saturated heterocycles. The van der Waals surface area contributed by atoms with Gasteiger partial charge in [0.2, 0.25) is 0 Å². The van der Waals surface area contributed by atoms with Gasteiger partial charge in [-0.2, -0.15) is 0 Å². The lowest BCUT2D eigenvalue weighted by molar-refractivity contribution is -0.222. The molecule has 0 saturated carbocycles. The smallest absolute Gasteiger partial charge is 0.350 e. The molecule has 20 heavy (non-hydrogen) atoms. The molecule has 0 aliphatic carbocycles.